The maximum Gasteiger partial charge on any atom is 0.253 e. The number of hydrogen-bond donors (Lipinski definition) is 2. The average Bonchev–Trinajstić information content (AvgIpc) is 3.00. The lowest BCUT2D eigenvalue weighted by Crippen LogP contribution is -2.25. The Morgan fingerprint density at radius 1 is 1.47 bits per heavy atom. The highest BCUT2D eigenvalue weighted by atomic mass is 79.9. The first-order chi connectivity index (χ1) is 8.15. The Bertz CT molecular complexity index is 599. The molecule has 1 saturated carbocycles. The van der Waals surface area contributed by atoms with Gasteiger partial charge in [0, 0.05) is 27.1 Å². The van der Waals surface area contributed by atoms with Crippen LogP contribution in [-0.2, 0) is 0 Å². The average molecular weight is 293 g/mol. The highest BCUT2D eigenvalue weighted by molar-refractivity contribution is 9.10. The Labute approximate surface area is 108 Å². The van der Waals surface area contributed by atoms with Gasteiger partial charge in [-0.2, -0.15) is 0 Å². The van der Waals surface area contributed by atoms with Gasteiger partial charge in [0.1, 0.15) is 0 Å². The van der Waals surface area contributed by atoms with E-state index in [1.54, 1.807) is 0 Å². The lowest BCUT2D eigenvalue weighted by molar-refractivity contribution is 0.0952. The molecule has 1 aliphatic carbocycles. The summed E-state index contributed by atoms with van der Waals surface area (Å²) in [6, 6.07) is 6.33. The quantitative estimate of drug-likeness (QED) is 0.878. The third-order valence-electron chi connectivity index (χ3n) is 3.09. The smallest absolute Gasteiger partial charge is 0.253 e. The fourth-order valence-corrected chi connectivity index (χ4v) is 2.44. The summed E-state index contributed by atoms with van der Waals surface area (Å²) in [7, 11) is 0. The minimum atomic E-state index is 0.0364. The number of aromatic amines is 1. The van der Waals surface area contributed by atoms with Crippen LogP contribution in [0.1, 0.15) is 28.9 Å². The number of rotatable bonds is 2. The van der Waals surface area contributed by atoms with Crippen LogP contribution in [0.5, 0.6) is 0 Å². The number of benzene rings is 1. The van der Waals surface area contributed by atoms with Crippen LogP contribution in [0.2, 0.25) is 0 Å². The van der Waals surface area contributed by atoms with Gasteiger partial charge >= 0.3 is 0 Å². The van der Waals surface area contributed by atoms with E-state index in [9.17, 15) is 4.79 Å². The van der Waals surface area contributed by atoms with Crippen LogP contribution in [0.25, 0.3) is 10.9 Å². The van der Waals surface area contributed by atoms with Crippen molar-refractivity contribution in [1.29, 1.82) is 0 Å². The van der Waals surface area contributed by atoms with Crippen molar-refractivity contribution in [2.24, 2.45) is 0 Å². The first-order valence-corrected chi connectivity index (χ1v) is 6.53. The Kier molecular flexibility index (Phi) is 2.47. The van der Waals surface area contributed by atoms with E-state index in [0.717, 1.165) is 39.5 Å². The van der Waals surface area contributed by atoms with E-state index in [1.807, 2.05) is 25.1 Å². The topological polar surface area (TPSA) is 44.9 Å². The monoisotopic (exact) mass is 292 g/mol. The molecule has 2 N–H and O–H groups in total. The molecule has 1 aliphatic rings. The summed E-state index contributed by atoms with van der Waals surface area (Å²) >= 11 is 3.44. The van der Waals surface area contributed by atoms with Crippen molar-refractivity contribution < 1.29 is 4.79 Å². The number of nitrogens with one attached hydrogen (secondary N) is 2. The van der Waals surface area contributed by atoms with E-state index >= 15 is 0 Å². The number of halogens is 1. The lowest BCUT2D eigenvalue weighted by atomic mass is 10.1. The van der Waals surface area contributed by atoms with E-state index in [0.29, 0.717) is 6.04 Å². The summed E-state index contributed by atoms with van der Waals surface area (Å²) in [5.41, 5.74) is 2.70. The van der Waals surface area contributed by atoms with Crippen LogP contribution in [0.15, 0.2) is 22.7 Å². The fourth-order valence-electron chi connectivity index (χ4n) is 2.08. The second-order valence-corrected chi connectivity index (χ2v) is 5.48. The summed E-state index contributed by atoms with van der Waals surface area (Å²) in [6.07, 6.45) is 2.22. The molecule has 0 saturated heterocycles. The van der Waals surface area contributed by atoms with Gasteiger partial charge in [0.05, 0.1) is 5.56 Å². The minimum absolute atomic E-state index is 0.0364. The molecule has 1 fully saturated rings. The molecule has 0 radical (unpaired) electrons. The van der Waals surface area contributed by atoms with Gasteiger partial charge in [0.25, 0.3) is 5.91 Å². The molecule has 0 atom stereocenters. The van der Waals surface area contributed by atoms with Gasteiger partial charge in [-0.05, 0) is 38.0 Å². The third kappa shape index (κ3) is 1.97. The zero-order chi connectivity index (χ0) is 12.0. The molecule has 1 aromatic heterocycles. The number of H-pyrrole nitrogens is 1. The van der Waals surface area contributed by atoms with Crippen molar-refractivity contribution in [2.45, 2.75) is 25.8 Å². The molecule has 1 aromatic carbocycles. The van der Waals surface area contributed by atoms with Crippen LogP contribution >= 0.6 is 15.9 Å². The minimum Gasteiger partial charge on any atom is -0.358 e. The Balaban J connectivity index is 2.09. The van der Waals surface area contributed by atoms with E-state index in [2.05, 4.69) is 26.2 Å². The van der Waals surface area contributed by atoms with E-state index < -0.39 is 0 Å². The third-order valence-corrected chi connectivity index (χ3v) is 3.58. The molecule has 0 unspecified atom stereocenters. The normalized spacial score (nSPS) is 15.2. The predicted octanol–water partition coefficient (Wildman–Crippen LogP) is 3.13. The molecule has 1 amide bonds. The number of hydrogen-bond acceptors (Lipinski definition) is 1. The van der Waals surface area contributed by atoms with Crippen molar-refractivity contribution >= 4 is 32.7 Å². The van der Waals surface area contributed by atoms with Gasteiger partial charge < -0.3 is 10.3 Å². The number of aromatic nitrogens is 1. The first-order valence-electron chi connectivity index (χ1n) is 5.74. The molecule has 3 nitrogen and oxygen atoms in total. The number of fused-ring (bicyclic) bond motifs is 1. The zero-order valence-corrected chi connectivity index (χ0v) is 11.1. The van der Waals surface area contributed by atoms with Crippen molar-refractivity contribution in [1.82, 2.24) is 10.3 Å². The Morgan fingerprint density at radius 3 is 2.94 bits per heavy atom. The maximum absolute atomic E-state index is 12.2. The van der Waals surface area contributed by atoms with Gasteiger partial charge in [0.2, 0.25) is 0 Å². The number of aryl methyl sites for hydroxylation is 1. The zero-order valence-electron chi connectivity index (χ0n) is 9.51. The summed E-state index contributed by atoms with van der Waals surface area (Å²) in [4.78, 5) is 15.4. The molecule has 88 valence electrons. The molecular formula is C13H13BrN2O. The number of carbonyl (C=O) groups is 1. The summed E-state index contributed by atoms with van der Waals surface area (Å²) < 4.78 is 0.990. The molecule has 2 aromatic rings. The molecule has 4 heteroatoms. The van der Waals surface area contributed by atoms with Crippen molar-refractivity contribution in [3.05, 3.63) is 33.9 Å². The van der Waals surface area contributed by atoms with Gasteiger partial charge in [0.15, 0.2) is 0 Å². The van der Waals surface area contributed by atoms with E-state index in [1.165, 1.54) is 0 Å². The van der Waals surface area contributed by atoms with E-state index in [-0.39, 0.29) is 5.91 Å². The Morgan fingerprint density at radius 2 is 2.24 bits per heavy atom. The van der Waals surface area contributed by atoms with Crippen molar-refractivity contribution in [3.63, 3.8) is 0 Å². The van der Waals surface area contributed by atoms with Crippen LogP contribution in [0, 0.1) is 6.92 Å². The molecule has 1 heterocycles. The summed E-state index contributed by atoms with van der Waals surface area (Å²) in [5, 5.41) is 4.02. The summed E-state index contributed by atoms with van der Waals surface area (Å²) in [5.74, 6) is 0.0364. The van der Waals surface area contributed by atoms with E-state index in [4.69, 9.17) is 0 Å². The van der Waals surface area contributed by atoms with Gasteiger partial charge in [-0.15, -0.1) is 0 Å². The highest BCUT2D eigenvalue weighted by Gasteiger charge is 2.26. The second kappa shape index (κ2) is 3.88. The predicted molar refractivity (Wildman–Crippen MR) is 71.2 cm³/mol. The van der Waals surface area contributed by atoms with Crippen LogP contribution < -0.4 is 5.32 Å². The SMILES string of the molecule is Cc1[nH]c2ccc(Br)cc2c1C(=O)NC1CC1. The van der Waals surface area contributed by atoms with Crippen molar-refractivity contribution in [2.75, 3.05) is 0 Å². The van der Waals surface area contributed by atoms with Gasteiger partial charge in [-0.25, -0.2) is 0 Å². The molecule has 0 bridgehead atoms. The first kappa shape index (κ1) is 10.8. The Hall–Kier alpha value is -1.29. The van der Waals surface area contributed by atoms with Crippen LogP contribution in [-0.4, -0.2) is 16.9 Å². The molecule has 17 heavy (non-hydrogen) atoms. The number of amides is 1. The van der Waals surface area contributed by atoms with Gasteiger partial charge in [-0.1, -0.05) is 15.9 Å². The summed E-state index contributed by atoms with van der Waals surface area (Å²) in [6.45, 7) is 1.94. The standard InChI is InChI=1S/C13H13BrN2O/c1-7-12(13(17)16-9-3-4-9)10-6-8(14)2-5-11(10)15-7/h2,5-6,9,15H,3-4H2,1H3,(H,16,17). The maximum atomic E-state index is 12.2. The molecule has 0 aliphatic heterocycles. The van der Waals surface area contributed by atoms with Crippen LogP contribution in [0.3, 0.4) is 0 Å². The molecular weight excluding hydrogens is 280 g/mol. The highest BCUT2D eigenvalue weighted by Crippen LogP contribution is 2.27. The van der Waals surface area contributed by atoms with Crippen molar-refractivity contribution in [3.8, 4) is 0 Å². The molecule has 0 spiro atoms. The van der Waals surface area contributed by atoms with Gasteiger partial charge in [-0.3, -0.25) is 4.79 Å². The lowest BCUT2D eigenvalue weighted by Gasteiger charge is -2.03. The second-order valence-electron chi connectivity index (χ2n) is 4.56. The molecule has 3 rings (SSSR count). The number of carbonyl (C=O) groups excluding carboxylic acids is 1. The largest absolute Gasteiger partial charge is 0.358 e. The fraction of sp³-hybridized carbons (Fsp3) is 0.308. The van der Waals surface area contributed by atoms with Crippen LogP contribution in [0.4, 0.5) is 0 Å².